The molecule has 6 heteroatoms. The van der Waals surface area contributed by atoms with Gasteiger partial charge in [-0.05, 0) is 11.1 Å². The van der Waals surface area contributed by atoms with Gasteiger partial charge in [0, 0.05) is 6.54 Å². The number of carbonyl (C=O) groups is 1. The van der Waals surface area contributed by atoms with E-state index >= 15 is 0 Å². The van der Waals surface area contributed by atoms with Crippen LogP contribution in [-0.2, 0) is 22.7 Å². The monoisotopic (exact) mass is 335 g/mol. The summed E-state index contributed by atoms with van der Waals surface area (Å²) in [6.07, 6.45) is -2.21. The number of rotatable bonds is 8. The van der Waals surface area contributed by atoms with Crippen LogP contribution in [0.2, 0.25) is 0 Å². The number of halogens is 2. The highest BCUT2D eigenvalue weighted by Gasteiger charge is 2.46. The molecule has 1 amide bonds. The quantitative estimate of drug-likeness (QED) is 0.779. The van der Waals surface area contributed by atoms with Crippen molar-refractivity contribution in [3.8, 4) is 0 Å². The van der Waals surface area contributed by atoms with Crippen molar-refractivity contribution < 1.29 is 23.4 Å². The molecular formula is C18H19F2NO3. The average Bonchev–Trinajstić information content (AvgIpc) is 2.61. The summed E-state index contributed by atoms with van der Waals surface area (Å²) in [5, 5.41) is 11.7. The number of amides is 1. The van der Waals surface area contributed by atoms with E-state index in [2.05, 4.69) is 5.32 Å². The van der Waals surface area contributed by atoms with E-state index in [0.717, 1.165) is 5.56 Å². The van der Waals surface area contributed by atoms with Gasteiger partial charge < -0.3 is 15.2 Å². The van der Waals surface area contributed by atoms with E-state index in [1.165, 1.54) is 0 Å². The minimum atomic E-state index is -3.93. The molecule has 0 bridgehead atoms. The summed E-state index contributed by atoms with van der Waals surface area (Å²) in [5.41, 5.74) is 1.48. The molecule has 1 atom stereocenters. The van der Waals surface area contributed by atoms with Crippen LogP contribution in [0.15, 0.2) is 60.7 Å². The molecule has 2 aromatic carbocycles. The molecule has 0 aliphatic heterocycles. The number of benzene rings is 2. The Bertz CT molecular complexity index is 635. The Kier molecular flexibility index (Phi) is 6.40. The highest BCUT2D eigenvalue weighted by Crippen LogP contribution is 2.20. The van der Waals surface area contributed by atoms with Crippen molar-refractivity contribution in [3.63, 3.8) is 0 Å². The van der Waals surface area contributed by atoms with Crippen molar-refractivity contribution in [1.82, 2.24) is 5.32 Å². The van der Waals surface area contributed by atoms with Crippen LogP contribution in [0.5, 0.6) is 0 Å². The fourth-order valence-corrected chi connectivity index (χ4v) is 2.01. The van der Waals surface area contributed by atoms with Gasteiger partial charge in [0.2, 0.25) is 0 Å². The van der Waals surface area contributed by atoms with Crippen molar-refractivity contribution >= 4 is 5.91 Å². The Morgan fingerprint density at radius 3 is 2.17 bits per heavy atom. The van der Waals surface area contributed by atoms with Crippen LogP contribution in [0.4, 0.5) is 8.78 Å². The largest absolute Gasteiger partial charge is 0.384 e. The van der Waals surface area contributed by atoms with Gasteiger partial charge in [-0.15, -0.1) is 0 Å². The van der Waals surface area contributed by atoms with Crippen LogP contribution < -0.4 is 5.32 Å². The molecule has 1 unspecified atom stereocenters. The van der Waals surface area contributed by atoms with E-state index < -0.39 is 24.5 Å². The van der Waals surface area contributed by atoms with E-state index in [0.29, 0.717) is 5.56 Å². The highest BCUT2D eigenvalue weighted by atomic mass is 19.3. The molecule has 0 spiro atoms. The molecule has 0 fully saturated rings. The van der Waals surface area contributed by atoms with E-state index in [1.54, 1.807) is 54.6 Å². The minimum Gasteiger partial charge on any atom is -0.384 e. The summed E-state index contributed by atoms with van der Waals surface area (Å²) >= 11 is 0. The zero-order chi connectivity index (χ0) is 17.4. The summed E-state index contributed by atoms with van der Waals surface area (Å²) in [6.45, 7) is -0.590. The normalized spacial score (nSPS) is 12.6. The Morgan fingerprint density at radius 1 is 1.04 bits per heavy atom. The van der Waals surface area contributed by atoms with Gasteiger partial charge in [0.15, 0.2) is 6.10 Å². The molecule has 24 heavy (non-hydrogen) atoms. The summed E-state index contributed by atoms with van der Waals surface area (Å²) < 4.78 is 32.9. The first-order valence-corrected chi connectivity index (χ1v) is 7.50. The van der Waals surface area contributed by atoms with Crippen LogP contribution >= 0.6 is 0 Å². The summed E-state index contributed by atoms with van der Waals surface area (Å²) in [7, 11) is 0. The number of hydrogen-bond acceptors (Lipinski definition) is 3. The van der Waals surface area contributed by atoms with Gasteiger partial charge in [-0.1, -0.05) is 60.7 Å². The third-order valence-corrected chi connectivity index (χ3v) is 3.40. The van der Waals surface area contributed by atoms with Crippen molar-refractivity contribution in [2.45, 2.75) is 25.2 Å². The zero-order valence-electron chi connectivity index (χ0n) is 13.0. The lowest BCUT2D eigenvalue weighted by atomic mass is 10.1. The van der Waals surface area contributed by atoms with Gasteiger partial charge in [-0.3, -0.25) is 4.79 Å². The Hall–Kier alpha value is -2.31. The van der Waals surface area contributed by atoms with Crippen LogP contribution in [-0.4, -0.2) is 29.6 Å². The number of carbonyl (C=O) groups excluding carboxylic acids is 1. The van der Waals surface area contributed by atoms with Gasteiger partial charge in [-0.25, -0.2) is 0 Å². The van der Waals surface area contributed by atoms with Gasteiger partial charge in [0.25, 0.3) is 5.91 Å². The van der Waals surface area contributed by atoms with Crippen LogP contribution in [0, 0.1) is 0 Å². The van der Waals surface area contributed by atoms with Gasteiger partial charge in [-0.2, -0.15) is 8.78 Å². The number of alkyl halides is 2. The fourth-order valence-electron chi connectivity index (χ4n) is 2.01. The molecule has 0 radical (unpaired) electrons. The molecule has 0 aromatic heterocycles. The number of ether oxygens (including phenoxy) is 1. The first-order valence-electron chi connectivity index (χ1n) is 7.50. The number of nitrogens with one attached hydrogen (secondary N) is 1. The number of aliphatic hydroxyl groups is 1. The maximum Gasteiger partial charge on any atom is 0.351 e. The predicted octanol–water partition coefficient (Wildman–Crippen LogP) is 2.52. The molecule has 0 saturated carbocycles. The molecule has 128 valence electrons. The second-order valence-corrected chi connectivity index (χ2v) is 5.31. The molecule has 2 N–H and O–H groups in total. The number of aliphatic hydroxyl groups excluding tert-OH is 1. The highest BCUT2D eigenvalue weighted by molar-refractivity contribution is 5.84. The molecule has 0 aliphatic rings. The van der Waals surface area contributed by atoms with Crippen LogP contribution in [0.3, 0.4) is 0 Å². The first-order chi connectivity index (χ1) is 11.5. The predicted molar refractivity (Wildman–Crippen MR) is 85.3 cm³/mol. The topological polar surface area (TPSA) is 58.6 Å². The minimum absolute atomic E-state index is 0.0349. The van der Waals surface area contributed by atoms with E-state index in [9.17, 15) is 18.7 Å². The summed E-state index contributed by atoms with van der Waals surface area (Å²) in [5.74, 6) is -5.45. The molecule has 4 nitrogen and oxygen atoms in total. The average molecular weight is 335 g/mol. The van der Waals surface area contributed by atoms with Crippen LogP contribution in [0.25, 0.3) is 0 Å². The fraction of sp³-hybridized carbons (Fsp3) is 0.278. The third-order valence-electron chi connectivity index (χ3n) is 3.40. The number of hydrogen-bond donors (Lipinski definition) is 2. The zero-order valence-corrected chi connectivity index (χ0v) is 13.0. The molecular weight excluding hydrogens is 316 g/mol. The molecule has 0 aliphatic carbocycles. The van der Waals surface area contributed by atoms with Crippen molar-refractivity contribution in [1.29, 1.82) is 0 Å². The van der Waals surface area contributed by atoms with E-state index in [4.69, 9.17) is 4.74 Å². The lowest BCUT2D eigenvalue weighted by Crippen LogP contribution is -2.49. The third kappa shape index (κ3) is 5.11. The smallest absolute Gasteiger partial charge is 0.351 e. The van der Waals surface area contributed by atoms with Crippen molar-refractivity contribution in [2.24, 2.45) is 0 Å². The molecule has 2 aromatic rings. The van der Waals surface area contributed by atoms with Gasteiger partial charge in [0.1, 0.15) is 0 Å². The maximum absolute atomic E-state index is 13.9. The Balaban J connectivity index is 1.80. The maximum atomic E-state index is 13.9. The summed E-state index contributed by atoms with van der Waals surface area (Å²) in [6, 6.07) is 17.6. The van der Waals surface area contributed by atoms with Crippen molar-refractivity contribution in [3.05, 3.63) is 71.8 Å². The lowest BCUT2D eigenvalue weighted by Gasteiger charge is -2.21. The van der Waals surface area contributed by atoms with Gasteiger partial charge in [0.05, 0.1) is 13.2 Å². The molecule has 0 heterocycles. The van der Waals surface area contributed by atoms with Crippen molar-refractivity contribution in [2.75, 3.05) is 6.61 Å². The Morgan fingerprint density at radius 2 is 1.58 bits per heavy atom. The van der Waals surface area contributed by atoms with Crippen LogP contribution in [0.1, 0.15) is 11.1 Å². The second-order valence-electron chi connectivity index (χ2n) is 5.31. The molecule has 0 saturated heterocycles. The van der Waals surface area contributed by atoms with E-state index in [1.807, 2.05) is 6.07 Å². The second kappa shape index (κ2) is 8.52. The first kappa shape index (κ1) is 18.0. The lowest BCUT2D eigenvalue weighted by molar-refractivity contribution is -0.171. The SMILES string of the molecule is O=C(NCc1ccccc1)C(F)(F)C(O)COCc1ccccc1. The summed E-state index contributed by atoms with van der Waals surface area (Å²) in [4.78, 5) is 11.6. The van der Waals surface area contributed by atoms with E-state index in [-0.39, 0.29) is 13.2 Å². The standard InChI is InChI=1S/C18H19F2NO3/c19-18(20,17(23)21-11-14-7-3-1-4-8-14)16(22)13-24-12-15-9-5-2-6-10-15/h1-10,16,22H,11-13H2,(H,21,23). The Labute approximate surface area is 139 Å². The molecule has 2 rings (SSSR count). The van der Waals surface area contributed by atoms with Gasteiger partial charge >= 0.3 is 5.92 Å².